The summed E-state index contributed by atoms with van der Waals surface area (Å²) in [4.78, 5) is 12.5. The van der Waals surface area contributed by atoms with Crippen molar-refractivity contribution in [1.82, 2.24) is 25.3 Å². The first-order valence-corrected chi connectivity index (χ1v) is 8.33. The van der Waals surface area contributed by atoms with Crippen molar-refractivity contribution in [1.29, 1.82) is 0 Å². The van der Waals surface area contributed by atoms with E-state index in [2.05, 4.69) is 20.6 Å². The first-order valence-electron chi connectivity index (χ1n) is 8.33. The Bertz CT molecular complexity index is 763. The zero-order valence-electron chi connectivity index (χ0n) is 14.7. The second-order valence-corrected chi connectivity index (χ2v) is 7.07. The zero-order valence-corrected chi connectivity index (χ0v) is 14.7. The molecule has 24 heavy (non-hydrogen) atoms. The molecule has 0 aliphatic heterocycles. The standard InChI is InChI=1S/C17H25N5O2/c1-10-15(11(2)22(4)21-10)12-8-13(20-19-12)16(24)18-14-6-5-7-17(14,3)9-23/h8,14,23H,5-7,9H2,1-4H3,(H,18,24)(H,19,20). The van der Waals surface area contributed by atoms with Gasteiger partial charge in [0.1, 0.15) is 5.69 Å². The van der Waals surface area contributed by atoms with Crippen LogP contribution in [0.1, 0.15) is 48.1 Å². The highest BCUT2D eigenvalue weighted by Gasteiger charge is 2.39. The predicted octanol–water partition coefficient (Wildman–Crippen LogP) is 1.71. The van der Waals surface area contributed by atoms with Crippen LogP contribution in [0.15, 0.2) is 6.07 Å². The number of aromatic nitrogens is 4. The van der Waals surface area contributed by atoms with E-state index in [1.807, 2.05) is 32.5 Å². The van der Waals surface area contributed by atoms with Gasteiger partial charge in [0, 0.05) is 29.8 Å². The maximum Gasteiger partial charge on any atom is 0.269 e. The molecule has 0 saturated heterocycles. The van der Waals surface area contributed by atoms with Gasteiger partial charge in [0.2, 0.25) is 0 Å². The Morgan fingerprint density at radius 2 is 2.29 bits per heavy atom. The number of hydrogen-bond acceptors (Lipinski definition) is 4. The van der Waals surface area contributed by atoms with E-state index in [4.69, 9.17) is 0 Å². The molecule has 0 aromatic carbocycles. The van der Waals surface area contributed by atoms with Gasteiger partial charge in [-0.25, -0.2) is 0 Å². The summed E-state index contributed by atoms with van der Waals surface area (Å²) < 4.78 is 1.81. The highest BCUT2D eigenvalue weighted by molar-refractivity contribution is 5.93. The van der Waals surface area contributed by atoms with E-state index in [1.165, 1.54) is 0 Å². The van der Waals surface area contributed by atoms with Gasteiger partial charge in [-0.3, -0.25) is 14.6 Å². The Morgan fingerprint density at radius 1 is 1.54 bits per heavy atom. The predicted molar refractivity (Wildman–Crippen MR) is 90.6 cm³/mol. The lowest BCUT2D eigenvalue weighted by molar-refractivity contribution is 0.0826. The smallest absolute Gasteiger partial charge is 0.269 e. The molecule has 3 N–H and O–H groups in total. The molecular formula is C17H25N5O2. The first-order chi connectivity index (χ1) is 11.4. The number of aliphatic hydroxyl groups is 1. The van der Waals surface area contributed by atoms with Crippen molar-refractivity contribution >= 4 is 5.91 Å². The maximum absolute atomic E-state index is 12.5. The molecule has 2 unspecified atom stereocenters. The van der Waals surface area contributed by atoms with Gasteiger partial charge in [-0.2, -0.15) is 10.2 Å². The molecule has 0 radical (unpaired) electrons. The first kappa shape index (κ1) is 16.7. The fraction of sp³-hybridized carbons (Fsp3) is 0.588. The van der Waals surface area contributed by atoms with Crippen molar-refractivity contribution < 1.29 is 9.90 Å². The lowest BCUT2D eigenvalue weighted by atomic mass is 9.86. The van der Waals surface area contributed by atoms with Gasteiger partial charge in [0.25, 0.3) is 5.91 Å². The summed E-state index contributed by atoms with van der Waals surface area (Å²) in [5.74, 6) is -0.181. The topological polar surface area (TPSA) is 95.8 Å². The molecule has 2 aromatic rings. The minimum absolute atomic E-state index is 0.0105. The number of carbonyl (C=O) groups is 1. The molecule has 1 fully saturated rings. The van der Waals surface area contributed by atoms with Crippen LogP contribution in [-0.4, -0.2) is 43.6 Å². The molecule has 2 atom stereocenters. The highest BCUT2D eigenvalue weighted by atomic mass is 16.3. The van der Waals surface area contributed by atoms with Crippen molar-refractivity contribution in [3.8, 4) is 11.3 Å². The van der Waals surface area contributed by atoms with E-state index in [-0.39, 0.29) is 24.0 Å². The lowest BCUT2D eigenvalue weighted by Gasteiger charge is -2.29. The van der Waals surface area contributed by atoms with E-state index in [0.29, 0.717) is 5.69 Å². The summed E-state index contributed by atoms with van der Waals surface area (Å²) in [6.07, 6.45) is 2.84. The van der Waals surface area contributed by atoms with Crippen molar-refractivity contribution in [2.24, 2.45) is 12.5 Å². The molecule has 2 heterocycles. The number of aryl methyl sites for hydroxylation is 2. The van der Waals surface area contributed by atoms with Gasteiger partial charge < -0.3 is 10.4 Å². The molecule has 1 aliphatic carbocycles. The largest absolute Gasteiger partial charge is 0.396 e. The van der Waals surface area contributed by atoms with Crippen LogP contribution in [0, 0.1) is 19.3 Å². The van der Waals surface area contributed by atoms with Gasteiger partial charge in [0.05, 0.1) is 18.0 Å². The van der Waals surface area contributed by atoms with Crippen LogP contribution in [-0.2, 0) is 7.05 Å². The van der Waals surface area contributed by atoms with Crippen LogP contribution in [0.25, 0.3) is 11.3 Å². The SMILES string of the molecule is Cc1nn(C)c(C)c1-c1cc(C(=O)NC2CCCC2(C)CO)[nH]n1. The molecule has 3 rings (SSSR count). The Labute approximate surface area is 141 Å². The van der Waals surface area contributed by atoms with Crippen LogP contribution in [0.2, 0.25) is 0 Å². The highest BCUT2D eigenvalue weighted by Crippen LogP contribution is 2.37. The average Bonchev–Trinajstić information content (AvgIpc) is 3.21. The molecule has 1 saturated carbocycles. The van der Waals surface area contributed by atoms with Gasteiger partial charge in [-0.05, 0) is 32.8 Å². The minimum atomic E-state index is -0.241. The summed E-state index contributed by atoms with van der Waals surface area (Å²) in [6.45, 7) is 6.02. The lowest BCUT2D eigenvalue weighted by Crippen LogP contribution is -2.44. The number of amides is 1. The van der Waals surface area contributed by atoms with Crippen LogP contribution in [0.4, 0.5) is 0 Å². The quantitative estimate of drug-likeness (QED) is 0.794. The minimum Gasteiger partial charge on any atom is -0.396 e. The second kappa shape index (κ2) is 6.05. The van der Waals surface area contributed by atoms with Crippen molar-refractivity contribution in [3.05, 3.63) is 23.1 Å². The molecule has 1 amide bonds. The molecule has 130 valence electrons. The van der Waals surface area contributed by atoms with Crippen LogP contribution >= 0.6 is 0 Å². The van der Waals surface area contributed by atoms with Gasteiger partial charge >= 0.3 is 0 Å². The summed E-state index contributed by atoms with van der Waals surface area (Å²) in [5, 5.41) is 24.2. The second-order valence-electron chi connectivity index (χ2n) is 7.07. The van der Waals surface area contributed by atoms with Crippen molar-refractivity contribution in [3.63, 3.8) is 0 Å². The maximum atomic E-state index is 12.5. The average molecular weight is 331 g/mol. The fourth-order valence-corrected chi connectivity index (χ4v) is 3.61. The van der Waals surface area contributed by atoms with E-state index < -0.39 is 0 Å². The van der Waals surface area contributed by atoms with E-state index in [0.717, 1.165) is 41.9 Å². The van der Waals surface area contributed by atoms with E-state index >= 15 is 0 Å². The number of hydrogen-bond donors (Lipinski definition) is 3. The number of rotatable bonds is 4. The summed E-state index contributed by atoms with van der Waals surface area (Å²) in [5.41, 5.74) is 3.76. The van der Waals surface area contributed by atoms with Gasteiger partial charge in [-0.1, -0.05) is 13.3 Å². The Kier molecular flexibility index (Phi) is 4.21. The summed E-state index contributed by atoms with van der Waals surface area (Å²) in [7, 11) is 1.89. The number of nitrogens with zero attached hydrogens (tertiary/aromatic N) is 3. The zero-order chi connectivity index (χ0) is 17.5. The van der Waals surface area contributed by atoms with E-state index in [9.17, 15) is 9.90 Å². The van der Waals surface area contributed by atoms with Crippen molar-refractivity contribution in [2.45, 2.75) is 46.1 Å². The molecule has 0 spiro atoms. The fourth-order valence-electron chi connectivity index (χ4n) is 3.61. The Balaban J connectivity index is 1.79. The molecule has 1 aliphatic rings. The van der Waals surface area contributed by atoms with Crippen LogP contribution < -0.4 is 5.32 Å². The number of nitrogens with one attached hydrogen (secondary N) is 2. The van der Waals surface area contributed by atoms with E-state index in [1.54, 1.807) is 6.07 Å². The normalized spacial score (nSPS) is 23.6. The number of H-pyrrole nitrogens is 1. The molecule has 2 aromatic heterocycles. The third-order valence-corrected chi connectivity index (χ3v) is 5.34. The van der Waals surface area contributed by atoms with Crippen molar-refractivity contribution in [2.75, 3.05) is 6.61 Å². The monoisotopic (exact) mass is 331 g/mol. The molecular weight excluding hydrogens is 306 g/mol. The summed E-state index contributed by atoms with van der Waals surface area (Å²) >= 11 is 0. The molecule has 7 nitrogen and oxygen atoms in total. The number of carbonyl (C=O) groups excluding carboxylic acids is 1. The molecule has 0 bridgehead atoms. The Morgan fingerprint density at radius 3 is 2.92 bits per heavy atom. The number of aromatic amines is 1. The third kappa shape index (κ3) is 2.73. The number of aliphatic hydroxyl groups excluding tert-OH is 1. The third-order valence-electron chi connectivity index (χ3n) is 5.34. The molecule has 7 heteroatoms. The summed E-state index contributed by atoms with van der Waals surface area (Å²) in [6, 6.07) is 1.75. The van der Waals surface area contributed by atoms with Gasteiger partial charge in [-0.15, -0.1) is 0 Å². The van der Waals surface area contributed by atoms with Crippen LogP contribution in [0.3, 0.4) is 0 Å². The Hall–Kier alpha value is -2.15. The van der Waals surface area contributed by atoms with Crippen LogP contribution in [0.5, 0.6) is 0 Å². The van der Waals surface area contributed by atoms with Gasteiger partial charge in [0.15, 0.2) is 0 Å².